The largest absolute Gasteiger partial charge is 0.381 e. The van der Waals surface area contributed by atoms with Crippen molar-refractivity contribution in [3.8, 4) is 0 Å². The SMILES string of the molecule is NC1CC1Nc1ccc(S(N)(=O)=O)cc1. The number of nitrogens with two attached hydrogens (primary N) is 2. The molecule has 0 heterocycles. The van der Waals surface area contributed by atoms with Crippen LogP contribution in [0.2, 0.25) is 0 Å². The summed E-state index contributed by atoms with van der Waals surface area (Å²) in [6.45, 7) is 0. The Morgan fingerprint density at radius 3 is 2.20 bits per heavy atom. The van der Waals surface area contributed by atoms with Gasteiger partial charge in [0, 0.05) is 17.8 Å². The third-order valence-corrected chi connectivity index (χ3v) is 3.30. The minimum absolute atomic E-state index is 0.119. The van der Waals surface area contributed by atoms with Crippen LogP contribution in [0.5, 0.6) is 0 Å². The Morgan fingerprint density at radius 2 is 1.80 bits per heavy atom. The number of hydrogen-bond acceptors (Lipinski definition) is 4. The lowest BCUT2D eigenvalue weighted by molar-refractivity contribution is 0.598. The van der Waals surface area contributed by atoms with Gasteiger partial charge in [0.15, 0.2) is 0 Å². The van der Waals surface area contributed by atoms with E-state index in [2.05, 4.69) is 5.32 Å². The topological polar surface area (TPSA) is 98.2 Å². The van der Waals surface area contributed by atoms with Crippen molar-refractivity contribution in [3.05, 3.63) is 24.3 Å². The average Bonchev–Trinajstić information content (AvgIpc) is 2.81. The normalized spacial score (nSPS) is 24.9. The van der Waals surface area contributed by atoms with Gasteiger partial charge in [0.25, 0.3) is 0 Å². The Bertz CT molecular complexity index is 455. The molecule has 1 aliphatic rings. The molecule has 0 spiro atoms. The summed E-state index contributed by atoms with van der Waals surface area (Å²) in [4.78, 5) is 0.119. The smallest absolute Gasteiger partial charge is 0.238 e. The van der Waals surface area contributed by atoms with Crippen molar-refractivity contribution in [2.45, 2.75) is 23.4 Å². The molecule has 0 bridgehead atoms. The van der Waals surface area contributed by atoms with E-state index in [9.17, 15) is 8.42 Å². The molecule has 1 saturated carbocycles. The maximum Gasteiger partial charge on any atom is 0.238 e. The molecule has 0 radical (unpaired) electrons. The van der Waals surface area contributed by atoms with Gasteiger partial charge in [0.1, 0.15) is 0 Å². The zero-order valence-electron chi connectivity index (χ0n) is 8.05. The van der Waals surface area contributed by atoms with Gasteiger partial charge in [-0.25, -0.2) is 13.6 Å². The highest BCUT2D eigenvalue weighted by Crippen LogP contribution is 2.24. The first kappa shape index (κ1) is 10.4. The van der Waals surface area contributed by atoms with Gasteiger partial charge in [-0.3, -0.25) is 0 Å². The van der Waals surface area contributed by atoms with Gasteiger partial charge in [-0.05, 0) is 30.7 Å². The average molecular weight is 227 g/mol. The molecule has 1 fully saturated rings. The quantitative estimate of drug-likeness (QED) is 0.668. The van der Waals surface area contributed by atoms with Crippen LogP contribution in [-0.4, -0.2) is 20.5 Å². The van der Waals surface area contributed by atoms with E-state index in [1.807, 2.05) is 0 Å². The minimum atomic E-state index is -3.60. The molecule has 0 saturated heterocycles. The standard InChI is InChI=1S/C9H13N3O2S/c10-8-5-9(8)12-6-1-3-7(4-2-6)15(11,13)14/h1-4,8-9,12H,5,10H2,(H2,11,13,14). The second-order valence-electron chi connectivity index (χ2n) is 3.72. The zero-order valence-corrected chi connectivity index (χ0v) is 8.87. The van der Waals surface area contributed by atoms with Crippen LogP contribution in [0, 0.1) is 0 Å². The zero-order chi connectivity index (χ0) is 11.1. The molecule has 2 rings (SSSR count). The van der Waals surface area contributed by atoms with Crippen LogP contribution in [0.4, 0.5) is 5.69 Å². The molecule has 2 atom stereocenters. The van der Waals surface area contributed by atoms with Crippen molar-refractivity contribution in [2.24, 2.45) is 10.9 Å². The van der Waals surface area contributed by atoms with Crippen LogP contribution < -0.4 is 16.2 Å². The molecule has 6 heteroatoms. The molecule has 0 amide bonds. The van der Waals surface area contributed by atoms with Crippen molar-refractivity contribution >= 4 is 15.7 Å². The van der Waals surface area contributed by atoms with Gasteiger partial charge in [0.05, 0.1) is 4.90 Å². The van der Waals surface area contributed by atoms with Crippen LogP contribution in [0.15, 0.2) is 29.2 Å². The summed E-state index contributed by atoms with van der Waals surface area (Å²) in [5.41, 5.74) is 6.50. The van der Waals surface area contributed by atoms with Crippen LogP contribution in [0.3, 0.4) is 0 Å². The Kier molecular flexibility index (Phi) is 2.41. The number of primary sulfonamides is 1. The van der Waals surface area contributed by atoms with Crippen LogP contribution in [-0.2, 0) is 10.0 Å². The number of hydrogen-bond donors (Lipinski definition) is 3. The first-order valence-electron chi connectivity index (χ1n) is 4.62. The molecule has 1 aromatic carbocycles. The van der Waals surface area contributed by atoms with E-state index in [4.69, 9.17) is 10.9 Å². The van der Waals surface area contributed by atoms with E-state index in [-0.39, 0.29) is 10.9 Å². The maximum absolute atomic E-state index is 11.0. The highest BCUT2D eigenvalue weighted by molar-refractivity contribution is 7.89. The van der Waals surface area contributed by atoms with E-state index in [1.54, 1.807) is 12.1 Å². The second kappa shape index (κ2) is 3.48. The van der Waals surface area contributed by atoms with Gasteiger partial charge >= 0.3 is 0 Å². The molecular weight excluding hydrogens is 214 g/mol. The number of benzene rings is 1. The molecule has 1 aliphatic carbocycles. The van der Waals surface area contributed by atoms with Crippen molar-refractivity contribution < 1.29 is 8.42 Å². The number of sulfonamides is 1. The summed E-state index contributed by atoms with van der Waals surface area (Å²) in [6.07, 6.45) is 0.955. The Hall–Kier alpha value is -1.11. The van der Waals surface area contributed by atoms with Crippen molar-refractivity contribution in [1.82, 2.24) is 0 Å². The number of nitrogens with one attached hydrogen (secondary N) is 1. The van der Waals surface area contributed by atoms with Gasteiger partial charge in [-0.15, -0.1) is 0 Å². The van der Waals surface area contributed by atoms with Crippen LogP contribution >= 0.6 is 0 Å². The minimum Gasteiger partial charge on any atom is -0.381 e. The Morgan fingerprint density at radius 1 is 1.27 bits per heavy atom. The number of rotatable bonds is 3. The van der Waals surface area contributed by atoms with Gasteiger partial charge < -0.3 is 11.1 Å². The third kappa shape index (κ3) is 2.47. The lowest BCUT2D eigenvalue weighted by Crippen LogP contribution is -2.14. The predicted molar refractivity (Wildman–Crippen MR) is 57.8 cm³/mol. The Balaban J connectivity index is 2.10. The number of anilines is 1. The molecule has 2 unspecified atom stereocenters. The highest BCUT2D eigenvalue weighted by Gasteiger charge is 2.33. The summed E-state index contributed by atoms with van der Waals surface area (Å²) < 4.78 is 21.9. The lowest BCUT2D eigenvalue weighted by atomic mass is 10.3. The van der Waals surface area contributed by atoms with Crippen molar-refractivity contribution in [2.75, 3.05) is 5.32 Å². The van der Waals surface area contributed by atoms with Gasteiger partial charge in [0.2, 0.25) is 10.0 Å². The summed E-state index contributed by atoms with van der Waals surface area (Å²) >= 11 is 0. The van der Waals surface area contributed by atoms with Gasteiger partial charge in [-0.2, -0.15) is 0 Å². The van der Waals surface area contributed by atoms with Crippen LogP contribution in [0.1, 0.15) is 6.42 Å². The maximum atomic E-state index is 11.0. The molecular formula is C9H13N3O2S. The fourth-order valence-electron chi connectivity index (χ4n) is 1.34. The molecule has 82 valence electrons. The van der Waals surface area contributed by atoms with Crippen molar-refractivity contribution in [3.63, 3.8) is 0 Å². The molecule has 1 aromatic rings. The molecule has 15 heavy (non-hydrogen) atoms. The van der Waals surface area contributed by atoms with Crippen LogP contribution in [0.25, 0.3) is 0 Å². The summed E-state index contributed by atoms with van der Waals surface area (Å²) in [6, 6.07) is 6.85. The first-order valence-corrected chi connectivity index (χ1v) is 6.16. The Labute approximate surface area is 88.5 Å². The molecule has 5 N–H and O–H groups in total. The third-order valence-electron chi connectivity index (χ3n) is 2.37. The highest BCUT2D eigenvalue weighted by atomic mass is 32.2. The fraction of sp³-hybridized carbons (Fsp3) is 0.333. The monoisotopic (exact) mass is 227 g/mol. The lowest BCUT2D eigenvalue weighted by Gasteiger charge is -2.05. The van der Waals surface area contributed by atoms with E-state index in [1.165, 1.54) is 12.1 Å². The summed E-state index contributed by atoms with van der Waals surface area (Å²) in [5, 5.41) is 8.16. The van der Waals surface area contributed by atoms with E-state index < -0.39 is 10.0 Å². The fourth-order valence-corrected chi connectivity index (χ4v) is 1.85. The van der Waals surface area contributed by atoms with E-state index in [0.717, 1.165) is 12.1 Å². The molecule has 5 nitrogen and oxygen atoms in total. The summed E-state index contributed by atoms with van der Waals surface area (Å²) in [7, 11) is -3.60. The molecule has 0 aliphatic heterocycles. The summed E-state index contributed by atoms with van der Waals surface area (Å²) in [5.74, 6) is 0. The van der Waals surface area contributed by atoms with E-state index >= 15 is 0 Å². The van der Waals surface area contributed by atoms with Crippen molar-refractivity contribution in [1.29, 1.82) is 0 Å². The van der Waals surface area contributed by atoms with Gasteiger partial charge in [-0.1, -0.05) is 0 Å². The molecule has 0 aromatic heterocycles. The second-order valence-corrected chi connectivity index (χ2v) is 5.28. The first-order chi connectivity index (χ1) is 6.97. The predicted octanol–water partition coefficient (Wildman–Crippen LogP) is -0.155. The van der Waals surface area contributed by atoms with E-state index in [0.29, 0.717) is 6.04 Å².